The maximum atomic E-state index is 11.7. The van der Waals surface area contributed by atoms with Crippen LogP contribution in [0, 0.1) is 11.8 Å². The predicted octanol–water partition coefficient (Wildman–Crippen LogP) is 1.05. The van der Waals surface area contributed by atoms with Gasteiger partial charge < -0.3 is 15.3 Å². The molecule has 4 heteroatoms. The van der Waals surface area contributed by atoms with Crippen LogP contribution < -0.4 is 5.32 Å². The first-order valence-electron chi connectivity index (χ1n) is 5.74. The van der Waals surface area contributed by atoms with Gasteiger partial charge in [0.1, 0.15) is 0 Å². The molecule has 0 aliphatic carbocycles. The molecule has 1 aliphatic rings. The number of urea groups is 1. The fourth-order valence-electron chi connectivity index (χ4n) is 1.63. The number of hydrogen-bond donors (Lipinski definition) is 2. The molecular formula is C11H22N2O2. The molecule has 1 saturated heterocycles. The van der Waals surface area contributed by atoms with Crippen LogP contribution >= 0.6 is 0 Å². The van der Waals surface area contributed by atoms with Crippen molar-refractivity contribution in [2.45, 2.75) is 33.2 Å². The van der Waals surface area contributed by atoms with Crippen molar-refractivity contribution in [3.63, 3.8) is 0 Å². The van der Waals surface area contributed by atoms with Crippen LogP contribution in [0.2, 0.25) is 0 Å². The molecule has 2 amide bonds. The molecule has 2 unspecified atom stereocenters. The van der Waals surface area contributed by atoms with Crippen LogP contribution in [-0.2, 0) is 0 Å². The van der Waals surface area contributed by atoms with Gasteiger partial charge in [-0.05, 0) is 12.8 Å². The quantitative estimate of drug-likeness (QED) is 0.735. The van der Waals surface area contributed by atoms with E-state index in [4.69, 9.17) is 5.11 Å². The van der Waals surface area contributed by atoms with Gasteiger partial charge in [0.15, 0.2) is 0 Å². The molecule has 0 aromatic carbocycles. The number of hydrogen-bond acceptors (Lipinski definition) is 2. The molecule has 2 N–H and O–H groups in total. The summed E-state index contributed by atoms with van der Waals surface area (Å²) in [5.41, 5.74) is 0. The third-order valence-corrected chi connectivity index (χ3v) is 3.35. The molecule has 0 saturated carbocycles. The molecule has 0 aromatic rings. The predicted molar refractivity (Wildman–Crippen MR) is 59.6 cm³/mol. The topological polar surface area (TPSA) is 52.6 Å². The molecule has 4 nitrogen and oxygen atoms in total. The zero-order valence-electron chi connectivity index (χ0n) is 9.86. The van der Waals surface area contributed by atoms with Crippen LogP contribution in [0.3, 0.4) is 0 Å². The van der Waals surface area contributed by atoms with Gasteiger partial charge in [0.2, 0.25) is 0 Å². The van der Waals surface area contributed by atoms with E-state index in [1.165, 1.54) is 0 Å². The third-order valence-electron chi connectivity index (χ3n) is 3.35. The summed E-state index contributed by atoms with van der Waals surface area (Å²) in [6.45, 7) is 7.86. The standard InChI is InChI=1S/C11H22N2O2/c1-4-8(2)9(3)12-11(15)13-5-10(6-13)7-14/h8-10,14H,4-7H2,1-3H3,(H,12,15). The summed E-state index contributed by atoms with van der Waals surface area (Å²) >= 11 is 0. The minimum atomic E-state index is 0.00694. The van der Waals surface area contributed by atoms with Crippen molar-refractivity contribution in [1.82, 2.24) is 10.2 Å². The number of nitrogens with one attached hydrogen (secondary N) is 1. The maximum Gasteiger partial charge on any atom is 0.317 e. The van der Waals surface area contributed by atoms with Gasteiger partial charge in [0.25, 0.3) is 0 Å². The molecule has 0 spiro atoms. The Morgan fingerprint density at radius 1 is 1.53 bits per heavy atom. The Kier molecular flexibility index (Phi) is 4.39. The lowest BCUT2D eigenvalue weighted by Crippen LogP contribution is -2.56. The second kappa shape index (κ2) is 5.35. The van der Waals surface area contributed by atoms with Crippen LogP contribution in [0.4, 0.5) is 4.79 Å². The Hall–Kier alpha value is -0.770. The van der Waals surface area contributed by atoms with E-state index in [1.807, 2.05) is 6.92 Å². The second-order valence-electron chi connectivity index (χ2n) is 4.58. The van der Waals surface area contributed by atoms with E-state index >= 15 is 0 Å². The van der Waals surface area contributed by atoms with E-state index in [0.717, 1.165) is 6.42 Å². The molecule has 1 aliphatic heterocycles. The average molecular weight is 214 g/mol. The number of carbonyl (C=O) groups excluding carboxylic acids is 1. The number of rotatable bonds is 4. The summed E-state index contributed by atoms with van der Waals surface area (Å²) in [4.78, 5) is 13.4. The molecule has 15 heavy (non-hydrogen) atoms. The van der Waals surface area contributed by atoms with Gasteiger partial charge in [-0.15, -0.1) is 0 Å². The lowest BCUT2D eigenvalue weighted by molar-refractivity contribution is 0.0755. The lowest BCUT2D eigenvalue weighted by atomic mass is 10.00. The van der Waals surface area contributed by atoms with E-state index in [-0.39, 0.29) is 24.6 Å². The van der Waals surface area contributed by atoms with Crippen LogP contribution in [0.1, 0.15) is 27.2 Å². The fourth-order valence-corrected chi connectivity index (χ4v) is 1.63. The molecule has 0 aromatic heterocycles. The molecule has 1 heterocycles. The van der Waals surface area contributed by atoms with Crippen LogP contribution in [0.5, 0.6) is 0 Å². The number of carbonyl (C=O) groups is 1. The van der Waals surface area contributed by atoms with E-state index in [9.17, 15) is 4.79 Å². The van der Waals surface area contributed by atoms with E-state index in [1.54, 1.807) is 4.90 Å². The summed E-state index contributed by atoms with van der Waals surface area (Å²) in [7, 11) is 0. The summed E-state index contributed by atoms with van der Waals surface area (Å²) in [6, 6.07) is 0.225. The Labute approximate surface area is 91.6 Å². The number of nitrogens with zero attached hydrogens (tertiary/aromatic N) is 1. The van der Waals surface area contributed by atoms with Gasteiger partial charge >= 0.3 is 6.03 Å². The second-order valence-corrected chi connectivity index (χ2v) is 4.58. The summed E-state index contributed by atoms with van der Waals surface area (Å²) < 4.78 is 0. The Morgan fingerprint density at radius 3 is 2.60 bits per heavy atom. The molecule has 0 bridgehead atoms. The minimum absolute atomic E-state index is 0.00694. The number of aliphatic hydroxyl groups is 1. The number of likely N-dealkylation sites (tertiary alicyclic amines) is 1. The zero-order chi connectivity index (χ0) is 11.4. The van der Waals surface area contributed by atoms with Crippen molar-refractivity contribution < 1.29 is 9.90 Å². The van der Waals surface area contributed by atoms with Gasteiger partial charge in [0.05, 0.1) is 0 Å². The highest BCUT2D eigenvalue weighted by molar-refractivity contribution is 5.75. The summed E-state index contributed by atoms with van der Waals surface area (Å²) in [5, 5.41) is 11.8. The highest BCUT2D eigenvalue weighted by atomic mass is 16.3. The number of aliphatic hydroxyl groups excluding tert-OH is 1. The van der Waals surface area contributed by atoms with Crippen LogP contribution in [0.25, 0.3) is 0 Å². The highest BCUT2D eigenvalue weighted by Gasteiger charge is 2.30. The normalized spacial score (nSPS) is 20.7. The molecule has 1 rings (SSSR count). The lowest BCUT2D eigenvalue weighted by Gasteiger charge is -2.39. The Balaban J connectivity index is 2.25. The monoisotopic (exact) mass is 214 g/mol. The maximum absolute atomic E-state index is 11.7. The first-order valence-corrected chi connectivity index (χ1v) is 5.74. The van der Waals surface area contributed by atoms with Crippen molar-refractivity contribution in [3.8, 4) is 0 Å². The number of amides is 2. The molecular weight excluding hydrogens is 192 g/mol. The smallest absolute Gasteiger partial charge is 0.317 e. The van der Waals surface area contributed by atoms with Crippen molar-refractivity contribution >= 4 is 6.03 Å². The van der Waals surface area contributed by atoms with Crippen molar-refractivity contribution in [2.24, 2.45) is 11.8 Å². The molecule has 2 atom stereocenters. The van der Waals surface area contributed by atoms with E-state index in [2.05, 4.69) is 19.2 Å². The van der Waals surface area contributed by atoms with Crippen LogP contribution in [0.15, 0.2) is 0 Å². The van der Waals surface area contributed by atoms with Gasteiger partial charge in [-0.3, -0.25) is 0 Å². The van der Waals surface area contributed by atoms with Crippen molar-refractivity contribution in [1.29, 1.82) is 0 Å². The summed E-state index contributed by atoms with van der Waals surface area (Å²) in [6.07, 6.45) is 1.07. The largest absolute Gasteiger partial charge is 0.396 e. The van der Waals surface area contributed by atoms with Gasteiger partial charge in [-0.2, -0.15) is 0 Å². The van der Waals surface area contributed by atoms with Crippen molar-refractivity contribution in [3.05, 3.63) is 0 Å². The average Bonchev–Trinajstić information content (AvgIpc) is 2.14. The Bertz CT molecular complexity index is 215. The third kappa shape index (κ3) is 3.09. The van der Waals surface area contributed by atoms with Gasteiger partial charge in [-0.25, -0.2) is 4.79 Å². The zero-order valence-corrected chi connectivity index (χ0v) is 9.86. The summed E-state index contributed by atoms with van der Waals surface area (Å²) in [5.74, 6) is 0.790. The van der Waals surface area contributed by atoms with Crippen LogP contribution in [-0.4, -0.2) is 41.8 Å². The van der Waals surface area contributed by atoms with Crippen molar-refractivity contribution in [2.75, 3.05) is 19.7 Å². The van der Waals surface area contributed by atoms with E-state index < -0.39 is 0 Å². The minimum Gasteiger partial charge on any atom is -0.396 e. The molecule has 0 radical (unpaired) electrons. The van der Waals surface area contributed by atoms with Gasteiger partial charge in [0, 0.05) is 31.7 Å². The Morgan fingerprint density at radius 2 is 2.13 bits per heavy atom. The van der Waals surface area contributed by atoms with E-state index in [0.29, 0.717) is 19.0 Å². The van der Waals surface area contributed by atoms with Gasteiger partial charge in [-0.1, -0.05) is 20.3 Å². The molecule has 1 fully saturated rings. The SMILES string of the molecule is CCC(C)C(C)NC(=O)N1CC(CO)C1. The highest BCUT2D eigenvalue weighted by Crippen LogP contribution is 2.15. The first kappa shape index (κ1) is 12.3. The fraction of sp³-hybridized carbons (Fsp3) is 0.909. The molecule has 88 valence electrons. The first-order chi connectivity index (χ1) is 7.08.